The van der Waals surface area contributed by atoms with Gasteiger partial charge in [0.25, 0.3) is 0 Å². The van der Waals surface area contributed by atoms with E-state index in [1.165, 1.54) is 11.3 Å². The van der Waals surface area contributed by atoms with Gasteiger partial charge in [-0.2, -0.15) is 0 Å². The van der Waals surface area contributed by atoms with Gasteiger partial charge in [-0.05, 0) is 43.7 Å². The number of ether oxygens (including phenoxy) is 2. The number of rotatable bonds is 8. The Hall–Kier alpha value is -1.97. The van der Waals surface area contributed by atoms with Gasteiger partial charge in [0.15, 0.2) is 0 Å². The normalized spacial score (nSPS) is 16.9. The lowest BCUT2D eigenvalue weighted by Crippen LogP contribution is -2.46. The van der Waals surface area contributed by atoms with E-state index < -0.39 is 5.97 Å². The minimum atomic E-state index is -0.392. The molecule has 9 heteroatoms. The highest BCUT2D eigenvalue weighted by molar-refractivity contribution is 7.15. The lowest BCUT2D eigenvalue weighted by Gasteiger charge is -2.28. The maximum Gasteiger partial charge on any atom is 0.341 e. The van der Waals surface area contributed by atoms with E-state index in [-0.39, 0.29) is 24.9 Å². The van der Waals surface area contributed by atoms with Crippen molar-refractivity contribution in [2.24, 2.45) is 0 Å². The Kier molecular flexibility index (Phi) is 7.03. The molecule has 154 valence electrons. The molecular weight excluding hydrogens is 382 g/mol. The number of carbonyl (C=O) groups is 3. The second kappa shape index (κ2) is 9.49. The number of esters is 1. The number of hydrogen-bond donors (Lipinski definition) is 1. The van der Waals surface area contributed by atoms with Crippen molar-refractivity contribution in [3.8, 4) is 0 Å². The third kappa shape index (κ3) is 5.30. The molecule has 0 unspecified atom stereocenters. The lowest BCUT2D eigenvalue weighted by molar-refractivity contribution is -0.136. The third-order valence-corrected chi connectivity index (χ3v) is 5.67. The van der Waals surface area contributed by atoms with Crippen molar-refractivity contribution in [1.82, 2.24) is 9.80 Å². The summed E-state index contributed by atoms with van der Waals surface area (Å²) in [5, 5.41) is 5.29. The fourth-order valence-corrected chi connectivity index (χ4v) is 4.23. The molecule has 2 amide bonds. The van der Waals surface area contributed by atoms with E-state index in [0.29, 0.717) is 49.4 Å². The minimum absolute atomic E-state index is 0.0158. The van der Waals surface area contributed by atoms with Gasteiger partial charge < -0.3 is 19.7 Å². The van der Waals surface area contributed by atoms with Crippen molar-refractivity contribution < 1.29 is 23.9 Å². The fourth-order valence-electron chi connectivity index (χ4n) is 3.18. The lowest BCUT2D eigenvalue weighted by atomic mass is 10.1. The molecule has 1 N–H and O–H groups in total. The van der Waals surface area contributed by atoms with Crippen LogP contribution in [0.4, 0.5) is 5.00 Å². The van der Waals surface area contributed by atoms with E-state index in [1.807, 2.05) is 5.38 Å². The van der Waals surface area contributed by atoms with Gasteiger partial charge in [-0.1, -0.05) is 0 Å². The van der Waals surface area contributed by atoms with E-state index in [1.54, 1.807) is 23.8 Å². The van der Waals surface area contributed by atoms with E-state index >= 15 is 0 Å². The summed E-state index contributed by atoms with van der Waals surface area (Å²) in [5.41, 5.74) is 1.45. The molecule has 0 radical (unpaired) electrons. The summed E-state index contributed by atoms with van der Waals surface area (Å²) in [4.78, 5) is 40.5. The van der Waals surface area contributed by atoms with Crippen molar-refractivity contribution in [2.75, 3.05) is 58.4 Å². The van der Waals surface area contributed by atoms with Gasteiger partial charge in [-0.3, -0.25) is 14.5 Å². The molecule has 1 aromatic heterocycles. The van der Waals surface area contributed by atoms with E-state index in [9.17, 15) is 14.4 Å². The summed E-state index contributed by atoms with van der Waals surface area (Å²) in [7, 11) is 1.73. The van der Waals surface area contributed by atoms with Crippen LogP contribution in [0.2, 0.25) is 0 Å². The molecule has 3 rings (SSSR count). The zero-order chi connectivity index (χ0) is 20.1. The SMILES string of the molecule is CCOC(=O)c1c(C2CC2)csc1NC(=O)CN(C)CC(=O)N1CCOCC1. The van der Waals surface area contributed by atoms with Gasteiger partial charge in [0.05, 0.1) is 38.5 Å². The summed E-state index contributed by atoms with van der Waals surface area (Å²) in [6.07, 6.45) is 2.12. The van der Waals surface area contributed by atoms with Crippen LogP contribution in [-0.2, 0) is 19.1 Å². The van der Waals surface area contributed by atoms with Gasteiger partial charge in [0, 0.05) is 13.1 Å². The molecule has 2 heterocycles. The van der Waals surface area contributed by atoms with Gasteiger partial charge in [-0.15, -0.1) is 11.3 Å². The molecule has 1 aromatic rings. The first-order valence-electron chi connectivity index (χ1n) is 9.62. The smallest absolute Gasteiger partial charge is 0.341 e. The fraction of sp³-hybridized carbons (Fsp3) is 0.632. The number of likely N-dealkylation sites (N-methyl/N-ethyl adjacent to an activating group) is 1. The van der Waals surface area contributed by atoms with Crippen LogP contribution in [0.1, 0.15) is 41.6 Å². The first-order valence-corrected chi connectivity index (χ1v) is 10.5. The van der Waals surface area contributed by atoms with Gasteiger partial charge in [-0.25, -0.2) is 4.79 Å². The Bertz CT molecular complexity index is 725. The first-order chi connectivity index (χ1) is 13.5. The van der Waals surface area contributed by atoms with Crippen LogP contribution in [0.25, 0.3) is 0 Å². The summed E-state index contributed by atoms with van der Waals surface area (Å²) in [6, 6.07) is 0. The number of nitrogens with one attached hydrogen (secondary N) is 1. The molecule has 1 saturated heterocycles. The molecule has 0 bridgehead atoms. The van der Waals surface area contributed by atoms with Gasteiger partial charge >= 0.3 is 5.97 Å². The van der Waals surface area contributed by atoms with Crippen molar-refractivity contribution in [3.05, 3.63) is 16.5 Å². The van der Waals surface area contributed by atoms with Gasteiger partial charge in [0.1, 0.15) is 5.00 Å². The minimum Gasteiger partial charge on any atom is -0.462 e. The predicted molar refractivity (Wildman–Crippen MR) is 106 cm³/mol. The average Bonchev–Trinajstić information content (AvgIpc) is 3.43. The predicted octanol–water partition coefficient (Wildman–Crippen LogP) is 1.53. The zero-order valence-corrected chi connectivity index (χ0v) is 17.2. The maximum absolute atomic E-state index is 12.5. The van der Waals surface area contributed by atoms with Crippen LogP contribution in [-0.4, -0.2) is 80.6 Å². The van der Waals surface area contributed by atoms with Crippen molar-refractivity contribution in [3.63, 3.8) is 0 Å². The monoisotopic (exact) mass is 409 g/mol. The number of hydrogen-bond acceptors (Lipinski definition) is 7. The zero-order valence-electron chi connectivity index (χ0n) is 16.4. The summed E-state index contributed by atoms with van der Waals surface area (Å²) in [6.45, 7) is 4.55. The second-order valence-electron chi connectivity index (χ2n) is 7.10. The molecule has 8 nitrogen and oxygen atoms in total. The Labute approximate surface area is 168 Å². The van der Waals surface area contributed by atoms with Crippen molar-refractivity contribution >= 4 is 34.1 Å². The molecule has 0 aromatic carbocycles. The van der Waals surface area contributed by atoms with Crippen molar-refractivity contribution in [2.45, 2.75) is 25.7 Å². The molecule has 2 aliphatic rings. The number of carbonyl (C=O) groups excluding carboxylic acids is 3. The topological polar surface area (TPSA) is 88.2 Å². The Morgan fingerprint density at radius 2 is 2.00 bits per heavy atom. The molecule has 0 spiro atoms. The molecule has 1 aliphatic heterocycles. The second-order valence-corrected chi connectivity index (χ2v) is 7.98. The number of anilines is 1. The molecular formula is C19H27N3O5S. The Morgan fingerprint density at radius 1 is 1.29 bits per heavy atom. The largest absolute Gasteiger partial charge is 0.462 e. The summed E-state index contributed by atoms with van der Waals surface area (Å²) in [5.74, 6) is -0.281. The van der Waals surface area contributed by atoms with Crippen LogP contribution in [0.3, 0.4) is 0 Å². The highest BCUT2D eigenvalue weighted by atomic mass is 32.1. The maximum atomic E-state index is 12.5. The highest BCUT2D eigenvalue weighted by Gasteiger charge is 2.32. The number of amides is 2. The third-order valence-electron chi connectivity index (χ3n) is 4.75. The van der Waals surface area contributed by atoms with E-state index in [4.69, 9.17) is 9.47 Å². The molecule has 0 atom stereocenters. The Balaban J connectivity index is 1.56. The number of morpholine rings is 1. The quantitative estimate of drug-likeness (QED) is 0.655. The average molecular weight is 410 g/mol. The van der Waals surface area contributed by atoms with Crippen molar-refractivity contribution in [1.29, 1.82) is 0 Å². The molecule has 28 heavy (non-hydrogen) atoms. The van der Waals surface area contributed by atoms with Crippen LogP contribution in [0.15, 0.2) is 5.38 Å². The van der Waals surface area contributed by atoms with Crippen LogP contribution in [0.5, 0.6) is 0 Å². The first kappa shape index (κ1) is 20.8. The van der Waals surface area contributed by atoms with Crippen LogP contribution < -0.4 is 5.32 Å². The molecule has 2 fully saturated rings. The summed E-state index contributed by atoms with van der Waals surface area (Å²) >= 11 is 1.35. The Morgan fingerprint density at radius 3 is 2.64 bits per heavy atom. The number of nitrogens with zero attached hydrogens (tertiary/aromatic N) is 2. The van der Waals surface area contributed by atoms with Gasteiger partial charge in [0.2, 0.25) is 11.8 Å². The number of thiophene rings is 1. The highest BCUT2D eigenvalue weighted by Crippen LogP contribution is 2.46. The standard InChI is InChI=1S/C19H27N3O5S/c1-3-27-19(25)17-14(13-4-5-13)12-28-18(17)20-15(23)10-21(2)11-16(24)22-6-8-26-9-7-22/h12-13H,3-11H2,1-2H3,(H,20,23). The van der Waals surface area contributed by atoms with Crippen LogP contribution in [0, 0.1) is 0 Å². The molecule has 1 aliphatic carbocycles. The molecule has 1 saturated carbocycles. The van der Waals surface area contributed by atoms with E-state index in [2.05, 4.69) is 5.32 Å². The van der Waals surface area contributed by atoms with Crippen LogP contribution >= 0.6 is 11.3 Å². The summed E-state index contributed by atoms with van der Waals surface area (Å²) < 4.78 is 10.4. The van der Waals surface area contributed by atoms with E-state index in [0.717, 1.165) is 18.4 Å².